The molecule has 0 bridgehead atoms. The average molecular weight is 319 g/mol. The third-order valence-electron chi connectivity index (χ3n) is 2.60. The zero-order valence-corrected chi connectivity index (χ0v) is 12.1. The van der Waals surface area contributed by atoms with E-state index in [1.54, 1.807) is 12.1 Å². The molecule has 1 aromatic carbocycles. The summed E-state index contributed by atoms with van der Waals surface area (Å²) in [6, 6.07) is 5.08. The van der Waals surface area contributed by atoms with E-state index in [4.69, 9.17) is 34.8 Å². The molecule has 1 atom stereocenters. The lowest BCUT2D eigenvalue weighted by Gasteiger charge is -2.17. The number of hydrogen-bond acceptors (Lipinski definition) is 3. The topological polar surface area (TPSA) is 57.8 Å². The average Bonchev–Trinajstić information content (AvgIpc) is 2.34. The van der Waals surface area contributed by atoms with E-state index in [1.165, 1.54) is 6.20 Å². The molecule has 0 aliphatic heterocycles. The Kier molecular flexibility index (Phi) is 4.34. The Labute approximate surface area is 124 Å². The van der Waals surface area contributed by atoms with Crippen LogP contribution in [0.2, 0.25) is 15.1 Å². The molecule has 0 amide bonds. The molecule has 0 saturated carbocycles. The molecule has 0 spiro atoms. The number of rotatable bonds is 3. The number of benzene rings is 1. The first-order valence-electron chi connectivity index (χ1n) is 5.43. The van der Waals surface area contributed by atoms with Crippen LogP contribution in [0.1, 0.15) is 18.5 Å². The number of aromatic amines is 1. The highest BCUT2D eigenvalue weighted by Gasteiger charge is 2.13. The second-order valence-electron chi connectivity index (χ2n) is 3.96. The van der Waals surface area contributed by atoms with Crippen molar-refractivity contribution in [1.29, 1.82) is 0 Å². The van der Waals surface area contributed by atoms with Gasteiger partial charge in [0, 0.05) is 10.0 Å². The van der Waals surface area contributed by atoms with Crippen molar-refractivity contribution in [3.8, 4) is 0 Å². The van der Waals surface area contributed by atoms with Gasteiger partial charge in [0.25, 0.3) is 5.56 Å². The van der Waals surface area contributed by atoms with Gasteiger partial charge < -0.3 is 5.32 Å². The fourth-order valence-corrected chi connectivity index (χ4v) is 2.37. The summed E-state index contributed by atoms with van der Waals surface area (Å²) in [5.74, 6) is 0. The Bertz CT molecular complexity index is 657. The van der Waals surface area contributed by atoms with Crippen molar-refractivity contribution in [1.82, 2.24) is 10.2 Å². The van der Waals surface area contributed by atoms with Crippen LogP contribution in [0.15, 0.2) is 29.2 Å². The maximum absolute atomic E-state index is 11.3. The van der Waals surface area contributed by atoms with Crippen molar-refractivity contribution in [2.24, 2.45) is 0 Å². The summed E-state index contributed by atoms with van der Waals surface area (Å²) < 4.78 is 0. The summed E-state index contributed by atoms with van der Waals surface area (Å²) in [5, 5.41) is 10.2. The molecular formula is C12H10Cl3N3O. The lowest BCUT2D eigenvalue weighted by Crippen LogP contribution is -2.14. The molecule has 4 nitrogen and oxygen atoms in total. The van der Waals surface area contributed by atoms with Crippen LogP contribution in [-0.4, -0.2) is 10.2 Å². The number of H-pyrrole nitrogens is 1. The molecule has 1 aromatic heterocycles. The molecule has 0 unspecified atom stereocenters. The van der Waals surface area contributed by atoms with E-state index in [0.29, 0.717) is 15.7 Å². The van der Waals surface area contributed by atoms with E-state index in [-0.39, 0.29) is 11.1 Å². The van der Waals surface area contributed by atoms with Crippen molar-refractivity contribution < 1.29 is 0 Å². The van der Waals surface area contributed by atoms with Crippen LogP contribution >= 0.6 is 34.8 Å². The Balaban J connectivity index is 2.28. The predicted octanol–water partition coefficient (Wildman–Crippen LogP) is 3.90. The Morgan fingerprint density at radius 3 is 2.74 bits per heavy atom. The van der Waals surface area contributed by atoms with Crippen molar-refractivity contribution in [3.05, 3.63) is 55.4 Å². The summed E-state index contributed by atoms with van der Waals surface area (Å²) in [4.78, 5) is 11.3. The normalized spacial score (nSPS) is 12.2. The summed E-state index contributed by atoms with van der Waals surface area (Å²) in [5.41, 5.74) is 0.854. The van der Waals surface area contributed by atoms with Crippen LogP contribution < -0.4 is 10.9 Å². The maximum atomic E-state index is 11.3. The smallest absolute Gasteiger partial charge is 0.285 e. The van der Waals surface area contributed by atoms with E-state index in [0.717, 1.165) is 5.56 Å². The van der Waals surface area contributed by atoms with Crippen LogP contribution in [0.25, 0.3) is 0 Å². The zero-order chi connectivity index (χ0) is 14.0. The highest BCUT2D eigenvalue weighted by atomic mass is 35.5. The standard InChI is InChI=1S/C12H10Cl3N3O/c1-6(8-3-2-7(13)4-9(8)14)17-10-5-16-18-12(19)11(10)15/h2-6H,1H3,(H2,17,18,19)/t6-/m0/s1. The molecule has 0 aliphatic carbocycles. The molecule has 0 fully saturated rings. The highest BCUT2D eigenvalue weighted by Crippen LogP contribution is 2.29. The monoisotopic (exact) mass is 317 g/mol. The van der Waals surface area contributed by atoms with Crippen LogP contribution in [0.5, 0.6) is 0 Å². The van der Waals surface area contributed by atoms with Crippen molar-refractivity contribution >= 4 is 40.5 Å². The number of hydrogen-bond donors (Lipinski definition) is 2. The second-order valence-corrected chi connectivity index (χ2v) is 5.18. The zero-order valence-electron chi connectivity index (χ0n) is 9.88. The number of nitrogens with one attached hydrogen (secondary N) is 2. The molecule has 2 aromatic rings. The summed E-state index contributed by atoms with van der Waals surface area (Å²) in [6.45, 7) is 1.90. The third-order valence-corrected chi connectivity index (χ3v) is 3.53. The second kappa shape index (κ2) is 5.82. The van der Waals surface area contributed by atoms with Crippen LogP contribution in [-0.2, 0) is 0 Å². The van der Waals surface area contributed by atoms with Crippen molar-refractivity contribution in [3.63, 3.8) is 0 Å². The molecule has 1 heterocycles. The largest absolute Gasteiger partial charge is 0.376 e. The number of aromatic nitrogens is 2. The first-order valence-corrected chi connectivity index (χ1v) is 6.57. The number of anilines is 1. The molecular weight excluding hydrogens is 309 g/mol. The number of nitrogens with zero attached hydrogens (tertiary/aromatic N) is 1. The first kappa shape index (κ1) is 14.2. The van der Waals surface area contributed by atoms with Gasteiger partial charge in [0.05, 0.1) is 17.9 Å². The SMILES string of the molecule is C[C@H](Nc1cn[nH]c(=O)c1Cl)c1ccc(Cl)cc1Cl. The van der Waals surface area contributed by atoms with Gasteiger partial charge in [-0.05, 0) is 24.6 Å². The summed E-state index contributed by atoms with van der Waals surface area (Å²) in [7, 11) is 0. The van der Waals surface area contributed by atoms with E-state index in [2.05, 4.69) is 15.5 Å². The van der Waals surface area contributed by atoms with Crippen molar-refractivity contribution in [2.75, 3.05) is 5.32 Å². The minimum absolute atomic E-state index is 0.0620. The Hall–Kier alpha value is -1.23. The number of halogens is 3. The first-order chi connectivity index (χ1) is 8.99. The molecule has 2 N–H and O–H groups in total. The minimum Gasteiger partial charge on any atom is -0.376 e. The van der Waals surface area contributed by atoms with Gasteiger partial charge in [-0.1, -0.05) is 40.9 Å². The Morgan fingerprint density at radius 1 is 1.32 bits per heavy atom. The van der Waals surface area contributed by atoms with Crippen LogP contribution in [0, 0.1) is 0 Å². The van der Waals surface area contributed by atoms with Gasteiger partial charge in [-0.25, -0.2) is 5.10 Å². The Morgan fingerprint density at radius 2 is 2.05 bits per heavy atom. The van der Waals surface area contributed by atoms with Gasteiger partial charge in [0.1, 0.15) is 5.02 Å². The molecule has 0 aliphatic rings. The lowest BCUT2D eigenvalue weighted by molar-refractivity contribution is 0.875. The van der Waals surface area contributed by atoms with E-state index in [9.17, 15) is 4.79 Å². The minimum atomic E-state index is -0.443. The van der Waals surface area contributed by atoms with Crippen LogP contribution in [0.3, 0.4) is 0 Å². The molecule has 100 valence electrons. The highest BCUT2D eigenvalue weighted by molar-refractivity contribution is 6.35. The van der Waals surface area contributed by atoms with Crippen molar-refractivity contribution in [2.45, 2.75) is 13.0 Å². The molecule has 19 heavy (non-hydrogen) atoms. The predicted molar refractivity (Wildman–Crippen MR) is 78.4 cm³/mol. The fourth-order valence-electron chi connectivity index (χ4n) is 1.65. The summed E-state index contributed by atoms with van der Waals surface area (Å²) >= 11 is 17.9. The molecule has 0 saturated heterocycles. The third kappa shape index (κ3) is 3.21. The summed E-state index contributed by atoms with van der Waals surface area (Å²) in [6.07, 6.45) is 1.45. The maximum Gasteiger partial charge on any atom is 0.285 e. The molecule has 7 heteroatoms. The molecule has 2 rings (SSSR count). The van der Waals surface area contributed by atoms with E-state index < -0.39 is 5.56 Å². The van der Waals surface area contributed by atoms with Crippen LogP contribution in [0.4, 0.5) is 5.69 Å². The van der Waals surface area contributed by atoms with Gasteiger partial charge >= 0.3 is 0 Å². The lowest BCUT2D eigenvalue weighted by atomic mass is 10.1. The van der Waals surface area contributed by atoms with Gasteiger partial charge in [0.15, 0.2) is 0 Å². The van der Waals surface area contributed by atoms with Gasteiger partial charge in [-0.2, -0.15) is 5.10 Å². The quantitative estimate of drug-likeness (QED) is 0.902. The van der Waals surface area contributed by atoms with E-state index >= 15 is 0 Å². The van der Waals surface area contributed by atoms with Gasteiger partial charge in [-0.3, -0.25) is 4.79 Å². The van der Waals surface area contributed by atoms with Gasteiger partial charge in [0.2, 0.25) is 0 Å². The molecule has 0 radical (unpaired) electrons. The van der Waals surface area contributed by atoms with E-state index in [1.807, 2.05) is 13.0 Å². The van der Waals surface area contributed by atoms with Gasteiger partial charge in [-0.15, -0.1) is 0 Å². The fraction of sp³-hybridized carbons (Fsp3) is 0.167.